The normalized spacial score (nSPS) is 11.5. The maximum absolute atomic E-state index is 13.5. The Labute approximate surface area is 224 Å². The van der Waals surface area contributed by atoms with Gasteiger partial charge in [0.15, 0.2) is 5.13 Å². The van der Waals surface area contributed by atoms with Gasteiger partial charge in [0, 0.05) is 24.3 Å². The number of amides is 2. The van der Waals surface area contributed by atoms with Crippen LogP contribution in [0.4, 0.5) is 9.52 Å². The van der Waals surface area contributed by atoms with Gasteiger partial charge in [-0.25, -0.2) is 9.37 Å². The van der Waals surface area contributed by atoms with Crippen LogP contribution < -0.4 is 10.6 Å². The number of nitrogens with zero attached hydrogens (tertiary/aromatic N) is 2. The summed E-state index contributed by atoms with van der Waals surface area (Å²) >= 11 is 1.24. The van der Waals surface area contributed by atoms with Crippen LogP contribution in [-0.2, 0) is 9.53 Å². The lowest BCUT2D eigenvalue weighted by Gasteiger charge is -2.16. The smallest absolute Gasteiger partial charge is 0.253 e. The number of nitrogens with one attached hydrogen (secondary N) is 2. The molecular formula is C27H37BFN4O3S. The summed E-state index contributed by atoms with van der Waals surface area (Å²) in [5.74, 6) is -0.204. The number of ether oxygens (including phenoxy) is 1. The van der Waals surface area contributed by atoms with E-state index in [0.29, 0.717) is 22.0 Å². The minimum absolute atomic E-state index is 0.00751. The number of methoxy groups -OCH3 is 1. The van der Waals surface area contributed by atoms with Crippen LogP contribution in [0.5, 0.6) is 0 Å². The van der Waals surface area contributed by atoms with Gasteiger partial charge in [-0.1, -0.05) is 46.9 Å². The van der Waals surface area contributed by atoms with Crippen LogP contribution in [-0.4, -0.2) is 48.4 Å². The van der Waals surface area contributed by atoms with Gasteiger partial charge in [-0.05, 0) is 48.9 Å². The molecule has 2 N–H and O–H groups in total. The number of halogens is 1. The highest BCUT2D eigenvalue weighted by molar-refractivity contribution is 7.14. The van der Waals surface area contributed by atoms with Crippen molar-refractivity contribution in [3.05, 3.63) is 59.0 Å². The maximum atomic E-state index is 13.5. The van der Waals surface area contributed by atoms with E-state index >= 15 is 0 Å². The SMILES string of the molecule is CCCCC(C)C.C[B]n1ccc(C(=O)NC(COC)C(=O)Nc2nc(-c3ccc(F)c(C)c3)cs2)c1. The van der Waals surface area contributed by atoms with Crippen molar-refractivity contribution in [3.63, 3.8) is 0 Å². The van der Waals surface area contributed by atoms with Crippen molar-refractivity contribution in [1.82, 2.24) is 14.8 Å². The van der Waals surface area contributed by atoms with E-state index in [0.717, 1.165) is 11.5 Å². The van der Waals surface area contributed by atoms with Crippen LogP contribution in [0.15, 0.2) is 42.0 Å². The second-order valence-corrected chi connectivity index (χ2v) is 9.97. The molecule has 7 nitrogen and oxygen atoms in total. The summed E-state index contributed by atoms with van der Waals surface area (Å²) in [6.07, 6.45) is 7.55. The zero-order chi connectivity index (χ0) is 27.4. The van der Waals surface area contributed by atoms with Gasteiger partial charge >= 0.3 is 0 Å². The number of aryl methyl sites for hydroxylation is 1. The minimum Gasteiger partial charge on any atom is -0.402 e. The van der Waals surface area contributed by atoms with Crippen molar-refractivity contribution in [3.8, 4) is 11.3 Å². The molecule has 0 spiro atoms. The molecule has 37 heavy (non-hydrogen) atoms. The number of hydrogen-bond donors (Lipinski definition) is 2. The van der Waals surface area contributed by atoms with E-state index in [1.807, 2.05) is 6.82 Å². The van der Waals surface area contributed by atoms with Gasteiger partial charge in [0.2, 0.25) is 7.41 Å². The fourth-order valence-corrected chi connectivity index (χ4v) is 4.09. The Morgan fingerprint density at radius 1 is 1.27 bits per heavy atom. The number of anilines is 1. The van der Waals surface area contributed by atoms with Crippen molar-refractivity contribution in [2.45, 2.75) is 59.8 Å². The molecule has 2 aromatic heterocycles. The molecule has 0 aliphatic carbocycles. The molecule has 1 radical (unpaired) electrons. The number of aromatic nitrogens is 2. The molecule has 3 aromatic rings. The molecule has 199 valence electrons. The Bertz CT molecular complexity index is 1150. The topological polar surface area (TPSA) is 85.2 Å². The Kier molecular flexibility index (Phi) is 12.5. The largest absolute Gasteiger partial charge is 0.402 e. The molecule has 2 amide bonds. The molecule has 1 atom stereocenters. The quantitative estimate of drug-likeness (QED) is 0.309. The van der Waals surface area contributed by atoms with Crippen LogP contribution in [0, 0.1) is 18.7 Å². The molecular weight excluding hydrogens is 490 g/mol. The third kappa shape index (κ3) is 9.78. The van der Waals surface area contributed by atoms with Gasteiger partial charge in [-0.15, -0.1) is 11.3 Å². The lowest BCUT2D eigenvalue weighted by molar-refractivity contribution is -0.119. The van der Waals surface area contributed by atoms with Crippen molar-refractivity contribution in [1.29, 1.82) is 0 Å². The van der Waals surface area contributed by atoms with Crippen molar-refractivity contribution < 1.29 is 18.7 Å². The van der Waals surface area contributed by atoms with E-state index in [-0.39, 0.29) is 18.3 Å². The molecule has 0 saturated heterocycles. The van der Waals surface area contributed by atoms with Crippen LogP contribution in [0.25, 0.3) is 11.3 Å². The van der Waals surface area contributed by atoms with Gasteiger partial charge < -0.3 is 19.8 Å². The number of thiazole rings is 1. The highest BCUT2D eigenvalue weighted by atomic mass is 32.1. The summed E-state index contributed by atoms with van der Waals surface area (Å²) in [5, 5.41) is 7.53. The number of carbonyl (C=O) groups is 2. The molecule has 2 heterocycles. The second-order valence-electron chi connectivity index (χ2n) is 9.11. The molecule has 0 aliphatic heterocycles. The van der Waals surface area contributed by atoms with E-state index < -0.39 is 11.9 Å². The predicted octanol–water partition coefficient (Wildman–Crippen LogP) is 5.79. The Balaban J connectivity index is 0.000000604. The third-order valence-electron chi connectivity index (χ3n) is 5.55. The van der Waals surface area contributed by atoms with Gasteiger partial charge in [0.1, 0.15) is 11.9 Å². The summed E-state index contributed by atoms with van der Waals surface area (Å²) in [6.45, 7) is 10.3. The van der Waals surface area contributed by atoms with E-state index in [4.69, 9.17) is 4.74 Å². The Morgan fingerprint density at radius 2 is 2.03 bits per heavy atom. The van der Waals surface area contributed by atoms with Gasteiger partial charge in [0.25, 0.3) is 11.8 Å². The molecule has 0 saturated carbocycles. The van der Waals surface area contributed by atoms with E-state index in [2.05, 4.69) is 36.4 Å². The fraction of sp³-hybridized carbons (Fsp3) is 0.444. The first-order valence-electron chi connectivity index (χ1n) is 12.5. The van der Waals surface area contributed by atoms with Crippen molar-refractivity contribution in [2.24, 2.45) is 5.92 Å². The van der Waals surface area contributed by atoms with Crippen LogP contribution in [0.3, 0.4) is 0 Å². The number of rotatable bonds is 11. The summed E-state index contributed by atoms with van der Waals surface area (Å²) in [6, 6.07) is 5.49. The Morgan fingerprint density at radius 3 is 2.59 bits per heavy atom. The van der Waals surface area contributed by atoms with Crippen LogP contribution in [0.2, 0.25) is 6.82 Å². The van der Waals surface area contributed by atoms with Crippen LogP contribution >= 0.6 is 11.3 Å². The summed E-state index contributed by atoms with van der Waals surface area (Å²) in [4.78, 5) is 29.5. The number of unbranched alkanes of at least 4 members (excludes halogenated alkanes) is 1. The standard InChI is InChI=1S/C20H21BFN4O3S.C7H16/c1-12-8-13(4-5-15(12)22)17-11-30-20(24-17)25-19(28)16(10-29-3)23-18(27)14-6-7-26(9-14)21-2;1-4-5-6-7(2)3/h4-9,11,16H,10H2,1-3H3,(H,23,27)(H,24,25,28);7H,4-6H2,1-3H3. The van der Waals surface area contributed by atoms with E-state index in [1.54, 1.807) is 54.8 Å². The Hall–Kier alpha value is -2.98. The molecule has 1 unspecified atom stereocenters. The first-order chi connectivity index (χ1) is 17.7. The lowest BCUT2D eigenvalue weighted by Crippen LogP contribution is -2.46. The van der Waals surface area contributed by atoms with E-state index in [1.165, 1.54) is 43.8 Å². The lowest BCUT2D eigenvalue weighted by atomic mass is 10.0. The molecule has 3 rings (SSSR count). The number of hydrogen-bond acceptors (Lipinski definition) is 5. The fourth-order valence-electron chi connectivity index (χ4n) is 3.37. The van der Waals surface area contributed by atoms with Crippen molar-refractivity contribution in [2.75, 3.05) is 19.0 Å². The third-order valence-corrected chi connectivity index (χ3v) is 6.31. The number of carbonyl (C=O) groups excluding carboxylic acids is 2. The van der Waals surface area contributed by atoms with Crippen molar-refractivity contribution >= 4 is 35.7 Å². The summed E-state index contributed by atoms with van der Waals surface area (Å²) in [5.41, 5.74) is 2.33. The highest BCUT2D eigenvalue weighted by Crippen LogP contribution is 2.26. The molecule has 0 bridgehead atoms. The van der Waals surface area contributed by atoms with Gasteiger partial charge in [-0.3, -0.25) is 9.59 Å². The molecule has 10 heteroatoms. The van der Waals surface area contributed by atoms with E-state index in [9.17, 15) is 14.0 Å². The average Bonchev–Trinajstić information content (AvgIpc) is 3.54. The second kappa shape index (κ2) is 15.3. The zero-order valence-electron chi connectivity index (χ0n) is 22.5. The zero-order valence-corrected chi connectivity index (χ0v) is 23.3. The van der Waals surface area contributed by atoms with Gasteiger partial charge in [-0.2, -0.15) is 0 Å². The molecule has 0 fully saturated rings. The average molecular weight is 527 g/mol. The highest BCUT2D eigenvalue weighted by Gasteiger charge is 2.23. The maximum Gasteiger partial charge on any atom is 0.253 e. The first kappa shape index (κ1) is 30.3. The number of benzene rings is 1. The van der Waals surface area contributed by atoms with Crippen LogP contribution in [0.1, 0.15) is 56.0 Å². The minimum atomic E-state index is -0.892. The summed E-state index contributed by atoms with van der Waals surface area (Å²) < 4.78 is 20.3. The molecule has 1 aromatic carbocycles. The first-order valence-corrected chi connectivity index (χ1v) is 13.4. The monoisotopic (exact) mass is 527 g/mol. The van der Waals surface area contributed by atoms with Gasteiger partial charge in [0.05, 0.1) is 17.9 Å². The summed E-state index contributed by atoms with van der Waals surface area (Å²) in [7, 11) is 3.26. The molecule has 0 aliphatic rings. The predicted molar refractivity (Wildman–Crippen MR) is 150 cm³/mol.